The number of carbonyl (C=O) groups is 2. The summed E-state index contributed by atoms with van der Waals surface area (Å²) in [7, 11) is 0. The molecule has 0 aliphatic heterocycles. The Labute approximate surface area is 60.2 Å². The van der Waals surface area contributed by atoms with Crippen LogP contribution in [0.15, 0.2) is 0 Å². The van der Waals surface area contributed by atoms with Crippen LogP contribution in [0.3, 0.4) is 0 Å². The van der Waals surface area contributed by atoms with Gasteiger partial charge in [0.2, 0.25) is 0 Å². The Hall–Kier alpha value is -0.420. The lowest BCUT2D eigenvalue weighted by Gasteiger charge is -1.99. The van der Waals surface area contributed by atoms with Gasteiger partial charge in [0.25, 0.3) is 0 Å². The lowest BCUT2D eigenvalue weighted by molar-refractivity contribution is -0.141. The van der Waals surface area contributed by atoms with Crippen LogP contribution in [0.5, 0.6) is 0 Å². The first-order valence-corrected chi connectivity index (χ1v) is 3.28. The monoisotopic (exact) mass is 195 g/mol. The van der Waals surface area contributed by atoms with Gasteiger partial charge in [-0.1, -0.05) is 15.9 Å². The highest BCUT2D eigenvalue weighted by atomic mass is 79.9. The van der Waals surface area contributed by atoms with Gasteiger partial charge in [0.05, 0.1) is 5.33 Å². The first-order valence-electron chi connectivity index (χ1n) is 2.16. The molecule has 0 radical (unpaired) electrons. The van der Waals surface area contributed by atoms with Gasteiger partial charge >= 0.3 is 5.97 Å². The van der Waals surface area contributed by atoms with E-state index in [0.717, 1.165) is 0 Å². The third kappa shape index (κ3) is 2.57. The van der Waals surface area contributed by atoms with Crippen molar-refractivity contribution in [2.45, 2.75) is 6.04 Å². The minimum atomic E-state index is -1.38. The minimum Gasteiger partial charge on any atom is -0.480 e. The van der Waals surface area contributed by atoms with Crippen molar-refractivity contribution in [3.63, 3.8) is 0 Å². The molecule has 0 bridgehead atoms. The second-order valence-electron chi connectivity index (χ2n) is 1.42. The van der Waals surface area contributed by atoms with Crippen molar-refractivity contribution in [3.8, 4) is 0 Å². The smallest absolute Gasteiger partial charge is 0.328 e. The Morgan fingerprint density at radius 1 is 1.67 bits per heavy atom. The molecule has 0 aliphatic rings. The Bertz CT molecular complexity index is 136. The molecule has 0 saturated heterocycles. The van der Waals surface area contributed by atoms with E-state index in [4.69, 9.17) is 10.8 Å². The highest BCUT2D eigenvalue weighted by Crippen LogP contribution is 1.87. The normalized spacial score (nSPS) is 12.7. The molecule has 9 heavy (non-hydrogen) atoms. The summed E-state index contributed by atoms with van der Waals surface area (Å²) in [6.07, 6.45) is 0. The highest BCUT2D eigenvalue weighted by molar-refractivity contribution is 9.09. The topological polar surface area (TPSA) is 80.4 Å². The molecule has 0 spiro atoms. The Kier molecular flexibility index (Phi) is 3.41. The number of rotatable bonds is 3. The summed E-state index contributed by atoms with van der Waals surface area (Å²) < 4.78 is 0. The SMILES string of the molecule is N[C@H](C(=O)O)C(=O)CBr. The van der Waals surface area contributed by atoms with E-state index in [-0.39, 0.29) is 5.33 Å². The van der Waals surface area contributed by atoms with Gasteiger partial charge in [0, 0.05) is 0 Å². The van der Waals surface area contributed by atoms with Crippen LogP contribution in [0.25, 0.3) is 0 Å². The molecule has 0 heterocycles. The molecule has 4 nitrogen and oxygen atoms in total. The number of carboxylic acid groups (broad SMARTS) is 1. The van der Waals surface area contributed by atoms with Crippen LogP contribution < -0.4 is 5.73 Å². The van der Waals surface area contributed by atoms with Crippen molar-refractivity contribution >= 4 is 27.7 Å². The molecule has 0 saturated carbocycles. The fourth-order valence-corrected chi connectivity index (χ4v) is 0.570. The number of hydrogen-bond acceptors (Lipinski definition) is 3. The number of halogens is 1. The van der Waals surface area contributed by atoms with E-state index in [1.165, 1.54) is 0 Å². The lowest BCUT2D eigenvalue weighted by Crippen LogP contribution is -2.39. The average Bonchev–Trinajstić information content (AvgIpc) is 1.84. The van der Waals surface area contributed by atoms with Gasteiger partial charge in [-0.2, -0.15) is 0 Å². The maximum Gasteiger partial charge on any atom is 0.328 e. The first kappa shape index (κ1) is 8.58. The number of nitrogens with two attached hydrogens (primary N) is 1. The molecule has 0 rings (SSSR count). The fraction of sp³-hybridized carbons (Fsp3) is 0.500. The highest BCUT2D eigenvalue weighted by Gasteiger charge is 2.18. The molecular formula is C4H6BrNO3. The van der Waals surface area contributed by atoms with Gasteiger partial charge < -0.3 is 10.8 Å². The number of carbonyl (C=O) groups excluding carboxylic acids is 1. The second kappa shape index (κ2) is 3.58. The minimum absolute atomic E-state index is 0.0134. The molecule has 0 aliphatic carbocycles. The Morgan fingerprint density at radius 2 is 2.11 bits per heavy atom. The largest absolute Gasteiger partial charge is 0.480 e. The van der Waals surface area contributed by atoms with Crippen LogP contribution in [0.1, 0.15) is 0 Å². The van der Waals surface area contributed by atoms with Gasteiger partial charge in [-0.15, -0.1) is 0 Å². The third-order valence-corrected chi connectivity index (χ3v) is 1.30. The maximum absolute atomic E-state index is 10.4. The number of carboxylic acids is 1. The lowest BCUT2D eigenvalue weighted by atomic mass is 10.2. The van der Waals surface area contributed by atoms with Crippen LogP contribution in [-0.2, 0) is 9.59 Å². The molecule has 3 N–H and O–H groups in total. The van der Waals surface area contributed by atoms with Crippen molar-refractivity contribution < 1.29 is 14.7 Å². The average molecular weight is 196 g/mol. The van der Waals surface area contributed by atoms with E-state index >= 15 is 0 Å². The molecule has 0 aromatic rings. The van der Waals surface area contributed by atoms with E-state index in [2.05, 4.69) is 15.9 Å². The summed E-state index contributed by atoms with van der Waals surface area (Å²) in [6.45, 7) is 0. The van der Waals surface area contributed by atoms with Crippen LogP contribution in [0.4, 0.5) is 0 Å². The first-order chi connectivity index (χ1) is 4.09. The van der Waals surface area contributed by atoms with Crippen LogP contribution in [0.2, 0.25) is 0 Å². The Balaban J connectivity index is 3.88. The fourth-order valence-electron chi connectivity index (χ4n) is 0.221. The summed E-state index contributed by atoms with van der Waals surface area (Å²) in [6, 6.07) is -1.38. The van der Waals surface area contributed by atoms with Crippen molar-refractivity contribution in [2.24, 2.45) is 5.73 Å². The zero-order valence-corrected chi connectivity index (χ0v) is 6.09. The Morgan fingerprint density at radius 3 is 2.22 bits per heavy atom. The van der Waals surface area contributed by atoms with Gasteiger partial charge in [-0.05, 0) is 0 Å². The van der Waals surface area contributed by atoms with E-state index in [1.54, 1.807) is 0 Å². The third-order valence-electron chi connectivity index (χ3n) is 0.745. The molecule has 1 atom stereocenters. The van der Waals surface area contributed by atoms with E-state index in [0.29, 0.717) is 0 Å². The predicted molar refractivity (Wildman–Crippen MR) is 34.4 cm³/mol. The van der Waals surface area contributed by atoms with Crippen molar-refractivity contribution in [1.29, 1.82) is 0 Å². The van der Waals surface area contributed by atoms with Crippen LogP contribution >= 0.6 is 15.9 Å². The number of hydrogen-bond donors (Lipinski definition) is 2. The number of alkyl halides is 1. The molecule has 0 fully saturated rings. The molecule has 0 amide bonds. The summed E-state index contributed by atoms with van der Waals surface area (Å²) in [5.74, 6) is -1.82. The quantitative estimate of drug-likeness (QED) is 0.464. The van der Waals surface area contributed by atoms with Gasteiger partial charge in [0.1, 0.15) is 0 Å². The van der Waals surface area contributed by atoms with E-state index in [1.807, 2.05) is 0 Å². The zero-order valence-electron chi connectivity index (χ0n) is 4.50. The standard InChI is InChI=1S/C4H6BrNO3/c5-1-2(7)3(6)4(8)9/h3H,1,6H2,(H,8,9)/t3-/m0/s1. The molecular weight excluding hydrogens is 190 g/mol. The van der Waals surface area contributed by atoms with Gasteiger partial charge in [-0.25, -0.2) is 0 Å². The predicted octanol–water partition coefficient (Wildman–Crippen LogP) is -0.638. The summed E-state index contributed by atoms with van der Waals surface area (Å²) >= 11 is 2.79. The molecule has 52 valence electrons. The number of Topliss-reactive ketones (excluding diaryl/α,β-unsaturated/α-hetero) is 1. The maximum atomic E-state index is 10.4. The van der Waals surface area contributed by atoms with Gasteiger partial charge in [0.15, 0.2) is 11.8 Å². The number of ketones is 1. The second-order valence-corrected chi connectivity index (χ2v) is 1.98. The summed E-state index contributed by atoms with van der Waals surface area (Å²) in [5, 5.41) is 8.10. The van der Waals surface area contributed by atoms with Crippen molar-refractivity contribution in [1.82, 2.24) is 0 Å². The molecule has 5 heteroatoms. The van der Waals surface area contributed by atoms with Crippen LogP contribution in [-0.4, -0.2) is 28.2 Å². The van der Waals surface area contributed by atoms with Crippen molar-refractivity contribution in [3.05, 3.63) is 0 Å². The summed E-state index contributed by atoms with van der Waals surface area (Å²) in [5.41, 5.74) is 4.89. The van der Waals surface area contributed by atoms with Gasteiger partial charge in [-0.3, -0.25) is 9.59 Å². The molecule has 0 unspecified atom stereocenters. The van der Waals surface area contributed by atoms with Crippen molar-refractivity contribution in [2.75, 3.05) is 5.33 Å². The van der Waals surface area contributed by atoms with E-state index < -0.39 is 17.8 Å². The summed E-state index contributed by atoms with van der Waals surface area (Å²) in [4.78, 5) is 20.3. The van der Waals surface area contributed by atoms with E-state index in [9.17, 15) is 9.59 Å². The molecule has 0 aromatic carbocycles. The number of aliphatic carboxylic acids is 1. The zero-order chi connectivity index (χ0) is 7.44. The molecule has 0 aromatic heterocycles. The van der Waals surface area contributed by atoms with Crippen LogP contribution in [0, 0.1) is 0 Å².